The molecule has 0 radical (unpaired) electrons. The van der Waals surface area contributed by atoms with Crippen molar-refractivity contribution >= 4 is 0 Å². The zero-order valence-electron chi connectivity index (χ0n) is 17.8. The highest BCUT2D eigenvalue weighted by molar-refractivity contribution is 5.47. The Labute approximate surface area is 184 Å². The predicted octanol–water partition coefficient (Wildman–Crippen LogP) is 5.21. The highest BCUT2D eigenvalue weighted by Gasteiger charge is 2.45. The van der Waals surface area contributed by atoms with E-state index in [1.807, 2.05) is 42.5 Å². The number of hydrogen-bond donors (Lipinski definition) is 0. The van der Waals surface area contributed by atoms with Crippen LogP contribution in [0.5, 0.6) is 5.75 Å². The van der Waals surface area contributed by atoms with E-state index in [0.717, 1.165) is 55.8 Å². The molecule has 0 aromatic heterocycles. The van der Waals surface area contributed by atoms with Gasteiger partial charge in [0.25, 0.3) is 0 Å². The Balaban J connectivity index is 1.31. The molecule has 0 saturated carbocycles. The van der Waals surface area contributed by atoms with Crippen LogP contribution in [0.3, 0.4) is 0 Å². The van der Waals surface area contributed by atoms with Crippen LogP contribution in [0.25, 0.3) is 0 Å². The predicted molar refractivity (Wildman–Crippen MR) is 123 cm³/mol. The van der Waals surface area contributed by atoms with Crippen LogP contribution in [-0.2, 0) is 11.8 Å². The maximum Gasteiger partial charge on any atom is 0.123 e. The number of ether oxygens (including phenoxy) is 1. The van der Waals surface area contributed by atoms with Crippen LogP contribution >= 0.6 is 0 Å². The van der Waals surface area contributed by atoms with Gasteiger partial charge in [-0.2, -0.15) is 5.26 Å². The molecule has 3 nitrogen and oxygen atoms in total. The molecule has 2 heterocycles. The summed E-state index contributed by atoms with van der Waals surface area (Å²) in [5, 5.41) is 10.5. The zero-order chi connectivity index (χ0) is 21.1. The lowest BCUT2D eigenvalue weighted by Crippen LogP contribution is -2.37. The molecular weight excluding hydrogens is 380 g/mol. The van der Waals surface area contributed by atoms with Gasteiger partial charge in [-0.15, -0.1) is 0 Å². The fourth-order valence-electron chi connectivity index (χ4n) is 5.39. The average Bonchev–Trinajstić information content (AvgIpc) is 3.47. The highest BCUT2D eigenvalue weighted by Crippen LogP contribution is 2.43. The summed E-state index contributed by atoms with van der Waals surface area (Å²) in [7, 11) is 0. The maximum absolute atomic E-state index is 10.5. The van der Waals surface area contributed by atoms with Gasteiger partial charge in [0, 0.05) is 19.5 Å². The Morgan fingerprint density at radius 3 is 2.19 bits per heavy atom. The second-order valence-electron chi connectivity index (χ2n) is 8.78. The van der Waals surface area contributed by atoms with E-state index < -0.39 is 5.41 Å². The topological polar surface area (TPSA) is 36.3 Å². The first-order valence-corrected chi connectivity index (χ1v) is 11.3. The molecule has 5 rings (SSSR count). The molecule has 3 aromatic carbocycles. The molecular formula is C28H28N2O. The first kappa shape index (κ1) is 19.8. The number of fused-ring (bicyclic) bond motifs is 1. The minimum atomic E-state index is -0.614. The van der Waals surface area contributed by atoms with Gasteiger partial charge in [-0.05, 0) is 48.1 Å². The number of likely N-dealkylation sites (tertiary alicyclic amines) is 1. The fraction of sp³-hybridized carbons (Fsp3) is 0.321. The molecule has 0 amide bonds. The Kier molecular flexibility index (Phi) is 5.49. The van der Waals surface area contributed by atoms with Crippen molar-refractivity contribution in [3.05, 3.63) is 102 Å². The van der Waals surface area contributed by atoms with E-state index in [2.05, 4.69) is 53.4 Å². The smallest absolute Gasteiger partial charge is 0.123 e. The molecule has 0 spiro atoms. The van der Waals surface area contributed by atoms with E-state index in [1.54, 1.807) is 0 Å². The Hall–Kier alpha value is -3.09. The second-order valence-corrected chi connectivity index (χ2v) is 8.78. The van der Waals surface area contributed by atoms with Crippen LogP contribution in [0, 0.1) is 17.2 Å². The number of nitriles is 1. The summed E-state index contributed by atoms with van der Waals surface area (Å²) in [4.78, 5) is 2.52. The van der Waals surface area contributed by atoms with Crippen molar-refractivity contribution in [3.8, 4) is 11.8 Å². The molecule has 1 fully saturated rings. The van der Waals surface area contributed by atoms with Crippen molar-refractivity contribution in [2.75, 3.05) is 19.6 Å². The molecule has 0 bridgehead atoms. The Morgan fingerprint density at radius 1 is 0.903 bits per heavy atom. The number of para-hydroxylation sites is 1. The first-order chi connectivity index (χ1) is 15.3. The zero-order valence-corrected chi connectivity index (χ0v) is 17.8. The minimum absolute atomic E-state index is 0.264. The summed E-state index contributed by atoms with van der Waals surface area (Å²) < 4.78 is 6.14. The van der Waals surface area contributed by atoms with Crippen molar-refractivity contribution in [1.29, 1.82) is 5.26 Å². The fourth-order valence-corrected chi connectivity index (χ4v) is 5.39. The third-order valence-electron chi connectivity index (χ3n) is 7.00. The molecule has 31 heavy (non-hydrogen) atoms. The second kappa shape index (κ2) is 8.57. The van der Waals surface area contributed by atoms with Gasteiger partial charge in [-0.25, -0.2) is 0 Å². The summed E-state index contributed by atoms with van der Waals surface area (Å²) in [6.45, 7) is 2.99. The molecule has 1 saturated heterocycles. The standard InChI is InChI=1S/C28H28N2O/c29-21-28(23-10-3-1-4-11-23,24-12-5-2-6-13-24)25-15-17-30(20-25)18-16-26-19-22-9-7-8-14-27(22)31-26/h1-14,25-26H,15-20H2/t25?,26-/m1/s1. The van der Waals surface area contributed by atoms with Crippen LogP contribution in [0.1, 0.15) is 29.5 Å². The quantitative estimate of drug-likeness (QED) is 0.562. The minimum Gasteiger partial charge on any atom is -0.490 e. The average molecular weight is 409 g/mol. The molecule has 3 heteroatoms. The lowest BCUT2D eigenvalue weighted by atomic mass is 9.66. The molecule has 2 aliphatic heterocycles. The third-order valence-corrected chi connectivity index (χ3v) is 7.00. The summed E-state index contributed by atoms with van der Waals surface area (Å²) >= 11 is 0. The summed E-state index contributed by atoms with van der Waals surface area (Å²) in [5.41, 5.74) is 2.91. The van der Waals surface area contributed by atoms with Gasteiger partial charge < -0.3 is 9.64 Å². The Bertz CT molecular complexity index is 993. The van der Waals surface area contributed by atoms with Crippen molar-refractivity contribution < 1.29 is 4.74 Å². The SMILES string of the molecule is N#CC(c1ccccc1)(c1ccccc1)C1CCN(CC[C@@H]2Cc3ccccc3O2)C1. The van der Waals surface area contributed by atoms with Gasteiger partial charge in [0.2, 0.25) is 0 Å². The number of benzene rings is 3. The van der Waals surface area contributed by atoms with Crippen LogP contribution < -0.4 is 4.74 Å². The Morgan fingerprint density at radius 2 is 1.55 bits per heavy atom. The van der Waals surface area contributed by atoms with Crippen LogP contribution in [0.15, 0.2) is 84.9 Å². The van der Waals surface area contributed by atoms with Crippen LogP contribution in [-0.4, -0.2) is 30.6 Å². The van der Waals surface area contributed by atoms with Gasteiger partial charge in [0.1, 0.15) is 17.3 Å². The van der Waals surface area contributed by atoms with E-state index in [4.69, 9.17) is 4.74 Å². The van der Waals surface area contributed by atoms with Crippen LogP contribution in [0.4, 0.5) is 0 Å². The van der Waals surface area contributed by atoms with Gasteiger partial charge in [-0.3, -0.25) is 0 Å². The lowest BCUT2D eigenvalue weighted by molar-refractivity contribution is 0.191. The number of hydrogen-bond acceptors (Lipinski definition) is 3. The van der Waals surface area contributed by atoms with Gasteiger partial charge in [-0.1, -0.05) is 78.9 Å². The molecule has 2 atom stereocenters. The van der Waals surface area contributed by atoms with Gasteiger partial charge in [0.15, 0.2) is 0 Å². The lowest BCUT2D eigenvalue weighted by Gasteiger charge is -2.34. The van der Waals surface area contributed by atoms with E-state index in [0.29, 0.717) is 0 Å². The van der Waals surface area contributed by atoms with Crippen molar-refractivity contribution in [2.24, 2.45) is 5.92 Å². The van der Waals surface area contributed by atoms with E-state index in [-0.39, 0.29) is 12.0 Å². The van der Waals surface area contributed by atoms with Crippen molar-refractivity contribution in [2.45, 2.75) is 30.8 Å². The first-order valence-electron chi connectivity index (χ1n) is 11.3. The molecule has 3 aromatic rings. The van der Waals surface area contributed by atoms with Crippen molar-refractivity contribution in [1.82, 2.24) is 4.90 Å². The van der Waals surface area contributed by atoms with E-state index in [9.17, 15) is 5.26 Å². The molecule has 0 N–H and O–H groups in total. The largest absolute Gasteiger partial charge is 0.490 e. The number of nitrogens with zero attached hydrogens (tertiary/aromatic N) is 2. The van der Waals surface area contributed by atoms with Crippen LogP contribution in [0.2, 0.25) is 0 Å². The summed E-state index contributed by atoms with van der Waals surface area (Å²) in [6, 6.07) is 31.8. The number of rotatable bonds is 6. The summed E-state index contributed by atoms with van der Waals surface area (Å²) in [5.74, 6) is 1.31. The molecule has 0 aliphatic carbocycles. The highest BCUT2D eigenvalue weighted by atomic mass is 16.5. The van der Waals surface area contributed by atoms with Gasteiger partial charge >= 0.3 is 0 Å². The molecule has 156 valence electrons. The maximum atomic E-state index is 10.5. The van der Waals surface area contributed by atoms with E-state index >= 15 is 0 Å². The van der Waals surface area contributed by atoms with E-state index in [1.165, 1.54) is 5.56 Å². The van der Waals surface area contributed by atoms with Crippen molar-refractivity contribution in [3.63, 3.8) is 0 Å². The summed E-state index contributed by atoms with van der Waals surface area (Å²) in [6.07, 6.45) is 3.32. The normalized spacial score (nSPS) is 20.7. The molecule has 1 unspecified atom stereocenters. The molecule has 2 aliphatic rings. The monoisotopic (exact) mass is 408 g/mol. The third kappa shape index (κ3) is 3.73. The van der Waals surface area contributed by atoms with Gasteiger partial charge in [0.05, 0.1) is 6.07 Å².